The Morgan fingerprint density at radius 2 is 2.09 bits per heavy atom. The summed E-state index contributed by atoms with van der Waals surface area (Å²) in [5.74, 6) is 4.31. The van der Waals surface area contributed by atoms with Gasteiger partial charge in [-0.1, -0.05) is 12.1 Å². The van der Waals surface area contributed by atoms with E-state index < -0.39 is 0 Å². The molecule has 118 valence electrons. The van der Waals surface area contributed by atoms with Crippen molar-refractivity contribution in [2.24, 2.45) is 11.7 Å². The van der Waals surface area contributed by atoms with E-state index in [0.717, 1.165) is 36.7 Å². The molecular weight excluding hydrogens is 302 g/mol. The molecule has 2 atom stereocenters. The highest BCUT2D eigenvalue weighted by Crippen LogP contribution is 2.47. The molecule has 4 rings (SSSR count). The van der Waals surface area contributed by atoms with Crippen molar-refractivity contribution in [1.82, 2.24) is 10.1 Å². The third kappa shape index (κ3) is 2.71. The Bertz CT molecular complexity index is 687. The number of hydrogen-bond donors (Lipinski definition) is 1. The van der Waals surface area contributed by atoms with Gasteiger partial charge in [-0.2, -0.15) is 4.98 Å². The summed E-state index contributed by atoms with van der Waals surface area (Å²) in [6.45, 7) is 2.24. The first kappa shape index (κ1) is 15.3. The smallest absolute Gasteiger partial charge is 0.250 e. The van der Waals surface area contributed by atoms with E-state index in [1.165, 1.54) is 6.42 Å². The molecule has 2 aromatic rings. The van der Waals surface area contributed by atoms with Crippen LogP contribution in [0.25, 0.3) is 12.2 Å². The zero-order valence-electron chi connectivity index (χ0n) is 12.5. The second kappa shape index (κ2) is 5.56. The van der Waals surface area contributed by atoms with Crippen molar-refractivity contribution in [1.29, 1.82) is 0 Å². The number of hydrogen-bond acceptors (Lipinski definition) is 5. The fourth-order valence-corrected chi connectivity index (χ4v) is 2.82. The third-order valence-corrected chi connectivity index (χ3v) is 4.65. The molecule has 2 heterocycles. The van der Waals surface area contributed by atoms with Crippen molar-refractivity contribution < 1.29 is 8.94 Å². The molecule has 2 aromatic heterocycles. The molecule has 0 bridgehead atoms. The van der Waals surface area contributed by atoms with E-state index in [9.17, 15) is 0 Å². The van der Waals surface area contributed by atoms with E-state index in [0.29, 0.717) is 17.6 Å². The molecule has 2 aliphatic carbocycles. The third-order valence-electron chi connectivity index (χ3n) is 4.65. The van der Waals surface area contributed by atoms with Crippen LogP contribution < -0.4 is 5.73 Å². The van der Waals surface area contributed by atoms with Crippen LogP contribution >= 0.6 is 12.4 Å². The summed E-state index contributed by atoms with van der Waals surface area (Å²) >= 11 is 0. The van der Waals surface area contributed by atoms with Crippen LogP contribution in [0.2, 0.25) is 0 Å². The molecule has 2 aliphatic rings. The summed E-state index contributed by atoms with van der Waals surface area (Å²) in [6.07, 6.45) is 7.84. The van der Waals surface area contributed by atoms with E-state index in [2.05, 4.69) is 23.1 Å². The number of halogens is 1. The van der Waals surface area contributed by atoms with Gasteiger partial charge in [0.05, 0.1) is 5.54 Å². The van der Waals surface area contributed by atoms with Crippen molar-refractivity contribution in [3.05, 3.63) is 35.4 Å². The highest BCUT2D eigenvalue weighted by Gasteiger charge is 2.39. The molecule has 2 saturated carbocycles. The molecule has 0 saturated heterocycles. The molecule has 0 aromatic carbocycles. The monoisotopic (exact) mass is 321 g/mol. The minimum atomic E-state index is -0.379. The van der Waals surface area contributed by atoms with Gasteiger partial charge < -0.3 is 14.7 Å². The van der Waals surface area contributed by atoms with Crippen molar-refractivity contribution in [3.8, 4) is 0 Å². The van der Waals surface area contributed by atoms with E-state index in [4.69, 9.17) is 14.7 Å². The van der Waals surface area contributed by atoms with E-state index in [-0.39, 0.29) is 17.9 Å². The summed E-state index contributed by atoms with van der Waals surface area (Å²) in [5, 5.41) is 3.98. The molecule has 2 unspecified atom stereocenters. The van der Waals surface area contributed by atoms with E-state index in [1.54, 1.807) is 6.08 Å². The van der Waals surface area contributed by atoms with Gasteiger partial charge in [0, 0.05) is 12.0 Å². The van der Waals surface area contributed by atoms with Gasteiger partial charge in [-0.05, 0) is 49.8 Å². The van der Waals surface area contributed by atoms with Crippen molar-refractivity contribution in [2.45, 2.75) is 44.1 Å². The van der Waals surface area contributed by atoms with Gasteiger partial charge in [-0.15, -0.1) is 12.4 Å². The first-order valence-electron chi connectivity index (χ1n) is 7.55. The van der Waals surface area contributed by atoms with Crippen LogP contribution in [-0.2, 0) is 5.54 Å². The Hall–Kier alpha value is -1.59. The zero-order chi connectivity index (χ0) is 14.4. The topological polar surface area (TPSA) is 78.1 Å². The molecule has 0 radical (unpaired) electrons. The largest absolute Gasteiger partial charge is 0.461 e. The first-order valence-corrected chi connectivity index (χ1v) is 7.55. The van der Waals surface area contributed by atoms with Gasteiger partial charge >= 0.3 is 0 Å². The lowest BCUT2D eigenvalue weighted by Gasteiger charge is -2.34. The number of aromatic nitrogens is 2. The summed E-state index contributed by atoms with van der Waals surface area (Å²) in [7, 11) is 0. The summed E-state index contributed by atoms with van der Waals surface area (Å²) in [6, 6.07) is 4.03. The molecule has 22 heavy (non-hydrogen) atoms. The lowest BCUT2D eigenvalue weighted by atomic mass is 9.77. The van der Waals surface area contributed by atoms with Gasteiger partial charge in [0.1, 0.15) is 11.5 Å². The average Bonchev–Trinajstić information content (AvgIpc) is 2.88. The number of nitrogens with two attached hydrogens (primary N) is 1. The Morgan fingerprint density at radius 1 is 1.32 bits per heavy atom. The van der Waals surface area contributed by atoms with Crippen LogP contribution in [0.4, 0.5) is 0 Å². The quantitative estimate of drug-likeness (QED) is 0.928. The highest BCUT2D eigenvalue weighted by atomic mass is 35.5. The van der Waals surface area contributed by atoms with E-state index in [1.807, 2.05) is 12.1 Å². The molecule has 0 spiro atoms. The Labute approximate surface area is 135 Å². The predicted octanol–water partition coefficient (Wildman–Crippen LogP) is 3.72. The molecule has 5 nitrogen and oxygen atoms in total. The van der Waals surface area contributed by atoms with Crippen LogP contribution in [-0.4, -0.2) is 10.1 Å². The zero-order valence-corrected chi connectivity index (χ0v) is 13.3. The van der Waals surface area contributed by atoms with Crippen LogP contribution in [0.5, 0.6) is 0 Å². The maximum atomic E-state index is 6.17. The summed E-state index contributed by atoms with van der Waals surface area (Å²) in [4.78, 5) is 4.35. The van der Waals surface area contributed by atoms with Crippen LogP contribution in [0.1, 0.15) is 61.8 Å². The van der Waals surface area contributed by atoms with Crippen LogP contribution in [0, 0.1) is 5.92 Å². The van der Waals surface area contributed by atoms with Crippen molar-refractivity contribution in [3.63, 3.8) is 0 Å². The standard InChI is InChI=1S/C16H19N3O2.ClH/c1-10-9-12(10)13-5-3-11(20-13)4-6-14-18-15(19-21-14)16(17)7-2-8-16;/h3-6,10,12H,2,7-9,17H2,1H3;1H/b6-4+;. The second-order valence-corrected chi connectivity index (χ2v) is 6.36. The lowest BCUT2D eigenvalue weighted by molar-refractivity contribution is 0.229. The summed E-state index contributed by atoms with van der Waals surface area (Å²) < 4.78 is 11.0. The minimum Gasteiger partial charge on any atom is -0.461 e. The fourth-order valence-electron chi connectivity index (χ4n) is 2.82. The van der Waals surface area contributed by atoms with Gasteiger partial charge in [0.15, 0.2) is 5.82 Å². The number of nitrogens with zero attached hydrogens (tertiary/aromatic N) is 2. The van der Waals surface area contributed by atoms with Gasteiger partial charge in [0.25, 0.3) is 5.89 Å². The van der Waals surface area contributed by atoms with Crippen LogP contribution in [0.3, 0.4) is 0 Å². The van der Waals surface area contributed by atoms with Gasteiger partial charge in [0.2, 0.25) is 0 Å². The highest BCUT2D eigenvalue weighted by molar-refractivity contribution is 5.85. The Morgan fingerprint density at radius 3 is 2.73 bits per heavy atom. The maximum absolute atomic E-state index is 6.17. The van der Waals surface area contributed by atoms with Crippen molar-refractivity contribution in [2.75, 3.05) is 0 Å². The minimum absolute atomic E-state index is 0. The fraction of sp³-hybridized carbons (Fsp3) is 0.500. The van der Waals surface area contributed by atoms with Crippen molar-refractivity contribution >= 4 is 24.6 Å². The number of furan rings is 1. The van der Waals surface area contributed by atoms with Gasteiger partial charge in [-0.25, -0.2) is 0 Å². The molecule has 2 N–H and O–H groups in total. The Kier molecular flexibility index (Phi) is 3.87. The van der Waals surface area contributed by atoms with Gasteiger partial charge in [-0.3, -0.25) is 0 Å². The summed E-state index contributed by atoms with van der Waals surface area (Å²) in [5.41, 5.74) is 5.79. The maximum Gasteiger partial charge on any atom is 0.250 e. The average molecular weight is 322 g/mol. The van der Waals surface area contributed by atoms with Crippen LogP contribution in [0.15, 0.2) is 21.1 Å². The Balaban J connectivity index is 0.00000144. The predicted molar refractivity (Wildman–Crippen MR) is 85.4 cm³/mol. The molecule has 0 amide bonds. The second-order valence-electron chi connectivity index (χ2n) is 6.36. The molecule has 6 heteroatoms. The van der Waals surface area contributed by atoms with E-state index >= 15 is 0 Å². The lowest BCUT2D eigenvalue weighted by Crippen LogP contribution is -2.44. The first-order chi connectivity index (χ1) is 10.1. The SMILES string of the molecule is CC1CC1c1ccc(/C=C/c2nc(C3(N)CCC3)no2)o1.Cl. The molecular formula is C16H20ClN3O2. The normalized spacial score (nSPS) is 25.7. The molecule has 0 aliphatic heterocycles. The number of rotatable bonds is 4. The molecule has 2 fully saturated rings.